The summed E-state index contributed by atoms with van der Waals surface area (Å²) < 4.78 is 1.58. The third-order valence-electron chi connectivity index (χ3n) is 10.7. The van der Waals surface area contributed by atoms with Gasteiger partial charge in [-0.15, -0.1) is 0 Å². The number of carbonyl (C=O) groups excluding carboxylic acids is 2. The van der Waals surface area contributed by atoms with Crippen molar-refractivity contribution in [3.8, 4) is 33.4 Å². The summed E-state index contributed by atoms with van der Waals surface area (Å²) in [5.41, 5.74) is 10.6. The first-order chi connectivity index (χ1) is 24.8. The maximum absolute atomic E-state index is 13.3. The number of benzene rings is 3. The van der Waals surface area contributed by atoms with E-state index in [2.05, 4.69) is 81.7 Å². The first-order valence-electron chi connectivity index (χ1n) is 17.9. The average molecular weight is 701 g/mol. The molecule has 2 aliphatic heterocycles. The Hall–Kier alpha value is -4.83. The summed E-state index contributed by atoms with van der Waals surface area (Å²) in [5, 5.41) is 13.5. The monoisotopic (exact) mass is 700 g/mol. The number of hydrogen-bond acceptors (Lipinski definition) is 6. The average Bonchev–Trinajstić information content (AvgIpc) is 3.91. The molecule has 4 heterocycles. The van der Waals surface area contributed by atoms with Gasteiger partial charge in [0.05, 0.1) is 11.1 Å². The highest BCUT2D eigenvalue weighted by molar-refractivity contribution is 6.36. The minimum Gasteiger partial charge on any atom is -0.352 e. The van der Waals surface area contributed by atoms with Gasteiger partial charge in [-0.2, -0.15) is 0 Å². The minimum atomic E-state index is -0.114. The number of aromatic nitrogens is 2. The van der Waals surface area contributed by atoms with Gasteiger partial charge in [0.1, 0.15) is 5.65 Å². The molecule has 3 aromatic carbocycles. The van der Waals surface area contributed by atoms with Gasteiger partial charge in [-0.05, 0) is 96.6 Å². The van der Waals surface area contributed by atoms with Gasteiger partial charge in [0.25, 0.3) is 5.56 Å². The molecular weight excluding hydrogens is 660 g/mol. The Morgan fingerprint density at radius 1 is 0.941 bits per heavy atom. The molecule has 2 saturated heterocycles. The second kappa shape index (κ2) is 14.1. The number of pyridine rings is 1. The molecule has 2 aromatic heterocycles. The molecule has 8 rings (SSSR count). The Balaban J connectivity index is 1.01. The van der Waals surface area contributed by atoms with Crippen LogP contribution >= 0.6 is 11.6 Å². The molecular formula is C41H41ClN6O3. The lowest BCUT2D eigenvalue weighted by Gasteiger charge is -2.16. The number of nitrogens with one attached hydrogen (secondary N) is 4. The van der Waals surface area contributed by atoms with E-state index in [9.17, 15) is 14.4 Å². The Morgan fingerprint density at radius 3 is 2.53 bits per heavy atom. The van der Waals surface area contributed by atoms with Crippen LogP contribution in [0.3, 0.4) is 0 Å². The minimum absolute atomic E-state index is 0.0729. The summed E-state index contributed by atoms with van der Waals surface area (Å²) in [6, 6.07) is 23.0. The van der Waals surface area contributed by atoms with Crippen LogP contribution in [0.2, 0.25) is 5.02 Å². The van der Waals surface area contributed by atoms with E-state index in [4.69, 9.17) is 11.6 Å². The van der Waals surface area contributed by atoms with Gasteiger partial charge in [-0.3, -0.25) is 18.8 Å². The fraction of sp³-hybridized carbons (Fsp3) is 0.317. The Bertz CT molecular complexity index is 2230. The van der Waals surface area contributed by atoms with Gasteiger partial charge < -0.3 is 21.3 Å². The molecule has 0 saturated carbocycles. The van der Waals surface area contributed by atoms with Gasteiger partial charge in [-0.25, -0.2) is 4.98 Å². The van der Waals surface area contributed by atoms with Crippen LogP contribution in [-0.4, -0.2) is 52.4 Å². The molecule has 10 heteroatoms. The van der Waals surface area contributed by atoms with Crippen molar-refractivity contribution in [1.82, 2.24) is 30.7 Å². The molecule has 3 atom stereocenters. The third kappa shape index (κ3) is 6.69. The number of amides is 2. The van der Waals surface area contributed by atoms with Crippen molar-refractivity contribution in [3.05, 3.63) is 117 Å². The molecule has 2 unspecified atom stereocenters. The van der Waals surface area contributed by atoms with Crippen LogP contribution in [0.5, 0.6) is 0 Å². The number of carbonyl (C=O) groups is 2. The highest BCUT2D eigenvalue weighted by Gasteiger charge is 2.28. The van der Waals surface area contributed by atoms with E-state index in [-0.39, 0.29) is 35.5 Å². The lowest BCUT2D eigenvalue weighted by atomic mass is 9.91. The van der Waals surface area contributed by atoms with E-state index < -0.39 is 0 Å². The van der Waals surface area contributed by atoms with Crippen LogP contribution in [0.1, 0.15) is 47.9 Å². The SMILES string of the molecule is Cc1c(-c2ccn3c(=O)c(CNCC4CCC(=O)N4)cnc3c2)cccc1-c1cccc(-c2ccc3c(c2)CC(NC(=O)[C@@H]2CCCN2)C3)c1Cl. The summed E-state index contributed by atoms with van der Waals surface area (Å²) in [6.45, 7) is 4.00. The van der Waals surface area contributed by atoms with Crippen molar-refractivity contribution in [2.45, 2.75) is 70.1 Å². The van der Waals surface area contributed by atoms with E-state index in [1.54, 1.807) is 16.8 Å². The smallest absolute Gasteiger partial charge is 0.262 e. The Labute approximate surface area is 301 Å². The highest BCUT2D eigenvalue weighted by atomic mass is 35.5. The molecule has 1 aliphatic carbocycles. The van der Waals surface area contributed by atoms with Crippen LogP contribution in [0, 0.1) is 6.92 Å². The van der Waals surface area contributed by atoms with Crippen molar-refractivity contribution in [1.29, 1.82) is 0 Å². The van der Waals surface area contributed by atoms with E-state index in [0.717, 1.165) is 77.6 Å². The predicted molar refractivity (Wildman–Crippen MR) is 201 cm³/mol. The zero-order chi connectivity index (χ0) is 35.1. The fourth-order valence-electron chi connectivity index (χ4n) is 7.91. The predicted octanol–water partition coefficient (Wildman–Crippen LogP) is 5.36. The van der Waals surface area contributed by atoms with E-state index in [0.29, 0.717) is 35.7 Å². The number of rotatable bonds is 9. The molecule has 4 N–H and O–H groups in total. The number of hydrogen-bond donors (Lipinski definition) is 4. The number of fused-ring (bicyclic) bond motifs is 2. The van der Waals surface area contributed by atoms with Gasteiger partial charge in [0.2, 0.25) is 11.8 Å². The van der Waals surface area contributed by atoms with Gasteiger partial charge >= 0.3 is 0 Å². The highest BCUT2D eigenvalue weighted by Crippen LogP contribution is 2.41. The summed E-state index contributed by atoms with van der Waals surface area (Å²) in [7, 11) is 0. The van der Waals surface area contributed by atoms with Crippen LogP contribution in [0.4, 0.5) is 0 Å². The zero-order valence-electron chi connectivity index (χ0n) is 28.6. The summed E-state index contributed by atoms with van der Waals surface area (Å²) in [4.78, 5) is 42.1. The van der Waals surface area contributed by atoms with Gasteiger partial charge in [-0.1, -0.05) is 66.2 Å². The molecule has 9 nitrogen and oxygen atoms in total. The topological polar surface area (TPSA) is 117 Å². The molecule has 3 aliphatic rings. The molecule has 260 valence electrons. The van der Waals surface area contributed by atoms with Crippen LogP contribution < -0.4 is 26.8 Å². The maximum Gasteiger partial charge on any atom is 0.262 e. The van der Waals surface area contributed by atoms with Crippen molar-refractivity contribution in [3.63, 3.8) is 0 Å². The Kier molecular flexibility index (Phi) is 9.19. The largest absolute Gasteiger partial charge is 0.352 e. The quantitative estimate of drug-likeness (QED) is 0.165. The first kappa shape index (κ1) is 33.3. The normalized spacial score (nSPS) is 19.7. The van der Waals surface area contributed by atoms with Gasteiger partial charge in [0, 0.05) is 60.7 Å². The van der Waals surface area contributed by atoms with Crippen molar-refractivity contribution in [2.75, 3.05) is 13.1 Å². The molecule has 0 bridgehead atoms. The summed E-state index contributed by atoms with van der Waals surface area (Å²) >= 11 is 7.22. The molecule has 0 radical (unpaired) electrons. The molecule has 2 amide bonds. The molecule has 5 aromatic rings. The first-order valence-corrected chi connectivity index (χ1v) is 18.3. The maximum atomic E-state index is 13.3. The van der Waals surface area contributed by atoms with Crippen molar-refractivity contribution in [2.24, 2.45) is 0 Å². The van der Waals surface area contributed by atoms with Crippen LogP contribution in [0.25, 0.3) is 39.0 Å². The van der Waals surface area contributed by atoms with E-state index in [1.165, 1.54) is 11.1 Å². The van der Waals surface area contributed by atoms with E-state index in [1.807, 2.05) is 18.2 Å². The van der Waals surface area contributed by atoms with E-state index >= 15 is 0 Å². The lowest BCUT2D eigenvalue weighted by Crippen LogP contribution is -2.45. The van der Waals surface area contributed by atoms with Crippen molar-refractivity contribution < 1.29 is 9.59 Å². The second-order valence-corrected chi connectivity index (χ2v) is 14.4. The standard InChI is InChI=1S/C41H41ClN6O3/c1-24-32(27-14-16-48-37(20-27)45-22-29(41(48)51)21-43-23-30-12-13-38(49)46-30)5-2-6-33(24)35-8-3-7-34(39(35)42)26-11-10-25-18-31(19-28(25)17-26)47-40(50)36-9-4-15-44-36/h2-3,5-8,10-11,14,16-17,20,22,30-31,36,43-44H,4,9,12-13,15,18-19,21,23H2,1H3,(H,46,49)(H,47,50)/t30?,31?,36-/m0/s1. The second-order valence-electron chi connectivity index (χ2n) is 14.1. The number of halogens is 1. The molecule has 2 fully saturated rings. The molecule has 0 spiro atoms. The van der Waals surface area contributed by atoms with Crippen molar-refractivity contribution >= 4 is 29.1 Å². The summed E-state index contributed by atoms with van der Waals surface area (Å²) in [6.07, 6.45) is 8.38. The fourth-order valence-corrected chi connectivity index (χ4v) is 8.25. The zero-order valence-corrected chi connectivity index (χ0v) is 29.4. The Morgan fingerprint density at radius 2 is 1.73 bits per heavy atom. The van der Waals surface area contributed by atoms with Gasteiger partial charge in [0.15, 0.2) is 0 Å². The summed E-state index contributed by atoms with van der Waals surface area (Å²) in [5.74, 6) is 0.186. The lowest BCUT2D eigenvalue weighted by molar-refractivity contribution is -0.123. The van der Waals surface area contributed by atoms with Crippen LogP contribution in [-0.2, 0) is 29.0 Å². The van der Waals surface area contributed by atoms with Crippen LogP contribution in [0.15, 0.2) is 83.9 Å². The third-order valence-corrected chi connectivity index (χ3v) is 11.1. The molecule has 51 heavy (non-hydrogen) atoms. The number of nitrogens with zero attached hydrogens (tertiary/aromatic N) is 2.